The molecule has 0 saturated heterocycles. The van der Waals surface area contributed by atoms with Gasteiger partial charge in [-0.2, -0.15) is 0 Å². The zero-order valence-corrected chi connectivity index (χ0v) is 9.46. The molecule has 16 heavy (non-hydrogen) atoms. The number of aliphatic hydroxyl groups excluding tert-OH is 3. The van der Waals surface area contributed by atoms with Crippen molar-refractivity contribution in [2.75, 3.05) is 39.5 Å². The van der Waals surface area contributed by atoms with Crippen LogP contribution in [-0.4, -0.2) is 70.3 Å². The fourth-order valence-electron chi connectivity index (χ4n) is 1.59. The molecule has 0 atom stereocenters. The minimum absolute atomic E-state index is 0.0711. The first-order valence-corrected chi connectivity index (χ1v) is 5.12. The summed E-state index contributed by atoms with van der Waals surface area (Å²) in [5.74, 6) is -1.05. The maximum Gasteiger partial charge on any atom is 0.336 e. The van der Waals surface area contributed by atoms with Crippen LogP contribution >= 0.6 is 0 Å². The van der Waals surface area contributed by atoms with Gasteiger partial charge in [-0.15, -0.1) is 0 Å². The van der Waals surface area contributed by atoms with E-state index in [1.807, 2.05) is 0 Å². The van der Waals surface area contributed by atoms with Crippen molar-refractivity contribution < 1.29 is 29.7 Å². The van der Waals surface area contributed by atoms with Crippen LogP contribution in [0.4, 0.5) is 0 Å². The van der Waals surface area contributed by atoms with E-state index in [0.29, 0.717) is 0 Å². The van der Waals surface area contributed by atoms with Gasteiger partial charge in [0.2, 0.25) is 0 Å². The highest BCUT2D eigenvalue weighted by Gasteiger charge is 2.25. The summed E-state index contributed by atoms with van der Waals surface area (Å²) in [6.45, 7) is 1.85. The van der Waals surface area contributed by atoms with Crippen LogP contribution in [0, 0.1) is 0 Å². The number of aliphatic carboxylic acids is 1. The number of nitrogens with zero attached hydrogens (tertiary/aromatic N) is 1. The lowest BCUT2D eigenvalue weighted by molar-refractivity contribution is -0.881. The van der Waals surface area contributed by atoms with E-state index < -0.39 is 5.97 Å². The number of carbonyl (C=O) groups is 1. The Morgan fingerprint density at radius 3 is 1.69 bits per heavy atom. The highest BCUT2D eigenvalue weighted by molar-refractivity contribution is 5.85. The van der Waals surface area contributed by atoms with Crippen molar-refractivity contribution in [1.82, 2.24) is 0 Å². The number of hydrogen-bond donors (Lipinski definition) is 4. The monoisotopic (exact) mass is 234 g/mol. The lowest BCUT2D eigenvalue weighted by Gasteiger charge is -2.33. The molecule has 0 aromatic rings. The molecule has 0 bridgehead atoms. The molecule has 0 fully saturated rings. The van der Waals surface area contributed by atoms with Crippen LogP contribution in [0.5, 0.6) is 0 Å². The molecule has 0 unspecified atom stereocenters. The van der Waals surface area contributed by atoms with Gasteiger partial charge in [0.25, 0.3) is 0 Å². The average Bonchev–Trinajstić information content (AvgIpc) is 2.18. The molecular weight excluding hydrogens is 214 g/mol. The summed E-state index contributed by atoms with van der Waals surface area (Å²) in [7, 11) is 0. The summed E-state index contributed by atoms with van der Waals surface area (Å²) < 4.78 is 0.0711. The van der Waals surface area contributed by atoms with E-state index in [2.05, 4.69) is 0 Å². The summed E-state index contributed by atoms with van der Waals surface area (Å²) in [6, 6.07) is 0. The Kier molecular flexibility index (Phi) is 6.91. The van der Waals surface area contributed by atoms with Crippen LogP contribution in [0.1, 0.15) is 6.92 Å². The first-order chi connectivity index (χ1) is 7.51. The number of rotatable bonds is 8. The Balaban J connectivity index is 4.99. The van der Waals surface area contributed by atoms with Gasteiger partial charge in [-0.25, -0.2) is 4.79 Å². The fourth-order valence-corrected chi connectivity index (χ4v) is 1.59. The summed E-state index contributed by atoms with van der Waals surface area (Å²) in [4.78, 5) is 10.7. The molecule has 0 aliphatic rings. The molecule has 0 aliphatic heterocycles. The zero-order chi connectivity index (χ0) is 12.6. The van der Waals surface area contributed by atoms with Gasteiger partial charge in [0, 0.05) is 0 Å². The standard InChI is InChI=1S/C10H19NO5/c1-9(10(15)16)8-11(2-5-12,3-6-13)4-7-14/h8,12-14H,2-7H2,1H3/p+1. The van der Waals surface area contributed by atoms with Gasteiger partial charge in [-0.3, -0.25) is 4.48 Å². The molecule has 0 saturated carbocycles. The van der Waals surface area contributed by atoms with Crippen molar-refractivity contribution in [3.05, 3.63) is 11.8 Å². The summed E-state index contributed by atoms with van der Waals surface area (Å²) >= 11 is 0. The SMILES string of the molecule is CC(=C[N+](CCO)(CCO)CCO)C(=O)O. The third-order valence-corrected chi connectivity index (χ3v) is 2.44. The number of aliphatic hydroxyl groups is 3. The number of quaternary nitrogens is 1. The van der Waals surface area contributed by atoms with Crippen molar-refractivity contribution in [1.29, 1.82) is 0 Å². The molecule has 0 aromatic heterocycles. The van der Waals surface area contributed by atoms with Crippen LogP contribution in [0.25, 0.3) is 0 Å². The van der Waals surface area contributed by atoms with Gasteiger partial charge in [0.1, 0.15) is 25.8 Å². The lowest BCUT2D eigenvalue weighted by Crippen LogP contribution is -2.49. The van der Waals surface area contributed by atoms with Crippen LogP contribution < -0.4 is 0 Å². The second kappa shape index (κ2) is 7.34. The van der Waals surface area contributed by atoms with E-state index in [4.69, 9.17) is 20.4 Å². The van der Waals surface area contributed by atoms with E-state index >= 15 is 0 Å². The maximum absolute atomic E-state index is 10.7. The molecule has 0 spiro atoms. The summed E-state index contributed by atoms with van der Waals surface area (Å²) in [5, 5.41) is 35.6. The average molecular weight is 234 g/mol. The van der Waals surface area contributed by atoms with E-state index in [1.54, 1.807) is 0 Å². The smallest absolute Gasteiger partial charge is 0.336 e. The van der Waals surface area contributed by atoms with Gasteiger partial charge in [0.15, 0.2) is 0 Å². The van der Waals surface area contributed by atoms with Crippen LogP contribution in [-0.2, 0) is 4.79 Å². The minimum Gasteiger partial charge on any atom is -0.478 e. The Morgan fingerprint density at radius 1 is 1.06 bits per heavy atom. The fraction of sp³-hybridized carbons (Fsp3) is 0.700. The Morgan fingerprint density at radius 2 is 1.44 bits per heavy atom. The van der Waals surface area contributed by atoms with Crippen molar-refractivity contribution in [3.8, 4) is 0 Å². The maximum atomic E-state index is 10.7. The second-order valence-electron chi connectivity index (χ2n) is 3.68. The van der Waals surface area contributed by atoms with Gasteiger partial charge >= 0.3 is 5.97 Å². The number of carboxylic acids is 1. The minimum atomic E-state index is -1.05. The normalized spacial score (nSPS) is 12.9. The highest BCUT2D eigenvalue weighted by atomic mass is 16.4. The molecule has 6 heteroatoms. The lowest BCUT2D eigenvalue weighted by atomic mass is 10.2. The zero-order valence-electron chi connectivity index (χ0n) is 9.46. The van der Waals surface area contributed by atoms with Crippen molar-refractivity contribution in [2.45, 2.75) is 6.92 Å². The van der Waals surface area contributed by atoms with Crippen molar-refractivity contribution >= 4 is 5.97 Å². The molecule has 6 nitrogen and oxygen atoms in total. The molecule has 0 radical (unpaired) electrons. The van der Waals surface area contributed by atoms with E-state index in [0.717, 1.165) is 0 Å². The molecule has 0 heterocycles. The molecule has 94 valence electrons. The second-order valence-corrected chi connectivity index (χ2v) is 3.68. The van der Waals surface area contributed by atoms with Gasteiger partial charge < -0.3 is 20.4 Å². The molecular formula is C10H20NO5+. The quantitative estimate of drug-likeness (QED) is 0.311. The van der Waals surface area contributed by atoms with Crippen LogP contribution in [0.3, 0.4) is 0 Å². The summed E-state index contributed by atoms with van der Waals surface area (Å²) in [5.41, 5.74) is 0.135. The number of carboxylic acid groups (broad SMARTS) is 1. The molecule has 0 aliphatic carbocycles. The Labute approximate surface area is 94.6 Å². The van der Waals surface area contributed by atoms with Gasteiger partial charge in [-0.1, -0.05) is 0 Å². The third-order valence-electron chi connectivity index (χ3n) is 2.44. The largest absolute Gasteiger partial charge is 0.478 e. The van der Waals surface area contributed by atoms with Crippen molar-refractivity contribution in [2.24, 2.45) is 0 Å². The predicted molar refractivity (Wildman–Crippen MR) is 57.5 cm³/mol. The first-order valence-electron chi connectivity index (χ1n) is 5.12. The molecule has 0 amide bonds. The van der Waals surface area contributed by atoms with Crippen LogP contribution in [0.2, 0.25) is 0 Å². The Bertz CT molecular complexity index is 235. The van der Waals surface area contributed by atoms with Gasteiger partial charge in [0.05, 0.1) is 25.4 Å². The highest BCUT2D eigenvalue weighted by Crippen LogP contribution is 2.10. The molecule has 0 aromatic carbocycles. The molecule has 4 N–H and O–H groups in total. The number of hydrogen-bond acceptors (Lipinski definition) is 4. The first kappa shape index (κ1) is 15.0. The van der Waals surface area contributed by atoms with Crippen molar-refractivity contribution in [3.63, 3.8) is 0 Å². The predicted octanol–water partition coefficient (Wildman–Crippen LogP) is -1.23. The topological polar surface area (TPSA) is 98.0 Å². The molecule has 0 rings (SSSR count). The van der Waals surface area contributed by atoms with E-state index in [9.17, 15) is 4.79 Å². The van der Waals surface area contributed by atoms with Gasteiger partial charge in [-0.05, 0) is 6.92 Å². The Hall–Kier alpha value is -0.950. The van der Waals surface area contributed by atoms with E-state index in [-0.39, 0.29) is 49.5 Å². The van der Waals surface area contributed by atoms with E-state index in [1.165, 1.54) is 13.1 Å². The summed E-state index contributed by atoms with van der Waals surface area (Å²) in [6.07, 6.45) is 1.46. The van der Waals surface area contributed by atoms with Crippen LogP contribution in [0.15, 0.2) is 11.8 Å². The third kappa shape index (κ3) is 4.71.